The third-order valence-corrected chi connectivity index (χ3v) is 2.00. The smallest absolute Gasteiger partial charge is 0.334 e. The van der Waals surface area contributed by atoms with E-state index in [1.165, 1.54) is 0 Å². The number of amides is 2. The number of nitrogens with zero attached hydrogens (tertiary/aromatic N) is 2. The standard InChI is InChI=1S/C9H13F3N4O/c1-6-7(4-16(2)15-6)3-13-8(17)14-5-9(10,11)12/h4H,3,5H2,1-2H3,(H2,13,14,17). The van der Waals surface area contributed by atoms with Gasteiger partial charge in [-0.3, -0.25) is 4.68 Å². The first-order valence-corrected chi connectivity index (χ1v) is 4.85. The number of hydrogen-bond donors (Lipinski definition) is 2. The van der Waals surface area contributed by atoms with Crippen LogP contribution in [0.3, 0.4) is 0 Å². The summed E-state index contributed by atoms with van der Waals surface area (Å²) in [5.41, 5.74) is 1.48. The Morgan fingerprint density at radius 2 is 2.12 bits per heavy atom. The van der Waals surface area contributed by atoms with Crippen LogP contribution in [0.4, 0.5) is 18.0 Å². The molecule has 2 N–H and O–H groups in total. The summed E-state index contributed by atoms with van der Waals surface area (Å²) >= 11 is 0. The topological polar surface area (TPSA) is 59.0 Å². The van der Waals surface area contributed by atoms with E-state index in [0.717, 1.165) is 11.3 Å². The van der Waals surface area contributed by atoms with E-state index in [9.17, 15) is 18.0 Å². The fraction of sp³-hybridized carbons (Fsp3) is 0.556. The molecule has 2 amide bonds. The minimum absolute atomic E-state index is 0.142. The second kappa shape index (κ2) is 5.07. The van der Waals surface area contributed by atoms with Gasteiger partial charge >= 0.3 is 12.2 Å². The lowest BCUT2D eigenvalue weighted by Crippen LogP contribution is -2.40. The van der Waals surface area contributed by atoms with Crippen molar-refractivity contribution in [2.24, 2.45) is 7.05 Å². The molecule has 5 nitrogen and oxygen atoms in total. The zero-order valence-electron chi connectivity index (χ0n) is 9.43. The van der Waals surface area contributed by atoms with E-state index in [1.54, 1.807) is 30.2 Å². The lowest BCUT2D eigenvalue weighted by molar-refractivity contribution is -0.122. The Morgan fingerprint density at radius 1 is 1.47 bits per heavy atom. The maximum absolute atomic E-state index is 11.8. The zero-order chi connectivity index (χ0) is 13.1. The molecule has 96 valence electrons. The Morgan fingerprint density at radius 3 is 2.59 bits per heavy atom. The summed E-state index contributed by atoms with van der Waals surface area (Å²) in [4.78, 5) is 11.0. The number of urea groups is 1. The number of carbonyl (C=O) groups excluding carboxylic acids is 1. The minimum Gasteiger partial charge on any atom is -0.334 e. The predicted molar refractivity (Wildman–Crippen MR) is 54.2 cm³/mol. The maximum atomic E-state index is 11.8. The number of alkyl halides is 3. The van der Waals surface area contributed by atoms with Crippen LogP contribution in [0, 0.1) is 6.92 Å². The monoisotopic (exact) mass is 250 g/mol. The van der Waals surface area contributed by atoms with E-state index < -0.39 is 18.8 Å². The van der Waals surface area contributed by atoms with E-state index >= 15 is 0 Å². The molecule has 0 unspecified atom stereocenters. The van der Waals surface area contributed by atoms with E-state index in [1.807, 2.05) is 0 Å². The molecule has 0 aliphatic rings. The molecule has 0 saturated heterocycles. The number of aryl methyl sites for hydroxylation is 2. The Balaban J connectivity index is 2.36. The van der Waals surface area contributed by atoms with Crippen molar-refractivity contribution in [3.05, 3.63) is 17.5 Å². The van der Waals surface area contributed by atoms with Crippen LogP contribution in [-0.4, -0.2) is 28.5 Å². The molecule has 8 heteroatoms. The van der Waals surface area contributed by atoms with Crippen molar-refractivity contribution in [1.29, 1.82) is 0 Å². The van der Waals surface area contributed by atoms with Gasteiger partial charge in [0.15, 0.2) is 0 Å². The van der Waals surface area contributed by atoms with Crippen molar-refractivity contribution in [2.45, 2.75) is 19.6 Å². The third kappa shape index (κ3) is 4.75. The molecule has 0 spiro atoms. The van der Waals surface area contributed by atoms with Gasteiger partial charge in [0, 0.05) is 25.4 Å². The van der Waals surface area contributed by atoms with Gasteiger partial charge in [0.25, 0.3) is 0 Å². The molecule has 1 aromatic rings. The molecule has 0 fully saturated rings. The van der Waals surface area contributed by atoms with Crippen LogP contribution in [0.15, 0.2) is 6.20 Å². The molecule has 1 rings (SSSR count). The van der Waals surface area contributed by atoms with Gasteiger partial charge in [0.2, 0.25) is 0 Å². The summed E-state index contributed by atoms with van der Waals surface area (Å²) in [7, 11) is 1.72. The summed E-state index contributed by atoms with van der Waals surface area (Å²) in [6.07, 6.45) is -2.71. The van der Waals surface area contributed by atoms with Gasteiger partial charge in [0.05, 0.1) is 5.69 Å². The molecular weight excluding hydrogens is 237 g/mol. The number of nitrogens with one attached hydrogen (secondary N) is 2. The van der Waals surface area contributed by atoms with Gasteiger partial charge in [0.1, 0.15) is 6.54 Å². The van der Waals surface area contributed by atoms with Gasteiger partial charge < -0.3 is 10.6 Å². The van der Waals surface area contributed by atoms with Gasteiger partial charge in [-0.2, -0.15) is 18.3 Å². The van der Waals surface area contributed by atoms with Crippen molar-refractivity contribution in [3.63, 3.8) is 0 Å². The van der Waals surface area contributed by atoms with E-state index in [2.05, 4.69) is 10.4 Å². The first kappa shape index (κ1) is 13.3. The van der Waals surface area contributed by atoms with Crippen LogP contribution in [0.1, 0.15) is 11.3 Å². The van der Waals surface area contributed by atoms with Crippen LogP contribution in [0.2, 0.25) is 0 Å². The first-order chi connectivity index (χ1) is 7.78. The molecular formula is C9H13F3N4O. The van der Waals surface area contributed by atoms with Gasteiger partial charge in [-0.05, 0) is 6.92 Å². The normalized spacial score (nSPS) is 11.4. The molecule has 1 aromatic heterocycles. The average molecular weight is 250 g/mol. The second-order valence-electron chi connectivity index (χ2n) is 3.56. The minimum atomic E-state index is -4.40. The summed E-state index contributed by atoms with van der Waals surface area (Å²) < 4.78 is 36.9. The van der Waals surface area contributed by atoms with Gasteiger partial charge in [-0.25, -0.2) is 4.79 Å². The Bertz CT molecular complexity index is 399. The molecule has 0 bridgehead atoms. The summed E-state index contributed by atoms with van der Waals surface area (Å²) in [5, 5.41) is 8.08. The quantitative estimate of drug-likeness (QED) is 0.843. The predicted octanol–water partition coefficient (Wildman–Crippen LogP) is 1.09. The van der Waals surface area contributed by atoms with Crippen LogP contribution in [-0.2, 0) is 13.6 Å². The van der Waals surface area contributed by atoms with Crippen LogP contribution >= 0.6 is 0 Å². The van der Waals surface area contributed by atoms with Crippen molar-refractivity contribution < 1.29 is 18.0 Å². The molecule has 0 aliphatic carbocycles. The summed E-state index contributed by atoms with van der Waals surface area (Å²) in [6, 6.07) is -0.856. The number of carbonyl (C=O) groups is 1. The highest BCUT2D eigenvalue weighted by Crippen LogP contribution is 2.12. The number of aromatic nitrogens is 2. The Labute approximate surface area is 96.0 Å². The molecule has 0 saturated carbocycles. The SMILES string of the molecule is Cc1nn(C)cc1CNC(=O)NCC(F)(F)F. The number of halogens is 3. The lowest BCUT2D eigenvalue weighted by Gasteiger charge is -2.09. The van der Waals surface area contributed by atoms with Crippen LogP contribution in [0.25, 0.3) is 0 Å². The fourth-order valence-corrected chi connectivity index (χ4v) is 1.24. The molecule has 0 aliphatic heterocycles. The fourth-order valence-electron chi connectivity index (χ4n) is 1.24. The van der Waals surface area contributed by atoms with Gasteiger partial charge in [-0.1, -0.05) is 0 Å². The molecule has 0 aromatic carbocycles. The van der Waals surface area contributed by atoms with Gasteiger partial charge in [-0.15, -0.1) is 0 Å². The number of rotatable bonds is 3. The average Bonchev–Trinajstić information content (AvgIpc) is 2.50. The van der Waals surface area contributed by atoms with Crippen LogP contribution in [0.5, 0.6) is 0 Å². The summed E-state index contributed by atoms with van der Waals surface area (Å²) in [6.45, 7) is 0.554. The zero-order valence-corrected chi connectivity index (χ0v) is 9.43. The Kier molecular flexibility index (Phi) is 3.97. The highest BCUT2D eigenvalue weighted by Gasteiger charge is 2.27. The summed E-state index contributed by atoms with van der Waals surface area (Å²) in [5.74, 6) is 0. The van der Waals surface area contributed by atoms with Crippen molar-refractivity contribution >= 4 is 6.03 Å². The van der Waals surface area contributed by atoms with E-state index in [0.29, 0.717) is 0 Å². The van der Waals surface area contributed by atoms with E-state index in [-0.39, 0.29) is 6.54 Å². The molecule has 17 heavy (non-hydrogen) atoms. The maximum Gasteiger partial charge on any atom is 0.405 e. The number of hydrogen-bond acceptors (Lipinski definition) is 2. The third-order valence-electron chi connectivity index (χ3n) is 2.00. The van der Waals surface area contributed by atoms with E-state index in [4.69, 9.17) is 0 Å². The molecule has 0 radical (unpaired) electrons. The lowest BCUT2D eigenvalue weighted by atomic mass is 10.3. The highest BCUT2D eigenvalue weighted by atomic mass is 19.4. The molecule has 1 heterocycles. The highest BCUT2D eigenvalue weighted by molar-refractivity contribution is 5.73. The van der Waals surface area contributed by atoms with Crippen molar-refractivity contribution in [2.75, 3.05) is 6.54 Å². The molecule has 0 atom stereocenters. The van der Waals surface area contributed by atoms with Crippen LogP contribution < -0.4 is 10.6 Å². The second-order valence-corrected chi connectivity index (χ2v) is 3.56. The van der Waals surface area contributed by atoms with Crippen molar-refractivity contribution in [1.82, 2.24) is 20.4 Å². The van der Waals surface area contributed by atoms with Crippen molar-refractivity contribution in [3.8, 4) is 0 Å². The largest absolute Gasteiger partial charge is 0.405 e. The Hall–Kier alpha value is -1.73. The first-order valence-electron chi connectivity index (χ1n) is 4.85.